The monoisotopic (exact) mass is 483 g/mol. The number of likely N-dealkylation sites (N-methyl/N-ethyl adjacent to an activating group) is 2. The molecule has 190 valence electrons. The van der Waals surface area contributed by atoms with Crippen molar-refractivity contribution in [2.24, 2.45) is 0 Å². The van der Waals surface area contributed by atoms with Crippen LogP contribution in [-0.2, 0) is 0 Å². The molecule has 0 amide bonds. The van der Waals surface area contributed by atoms with E-state index in [1.54, 1.807) is 0 Å². The number of anilines is 2. The number of benzene rings is 2. The molecule has 2 aliphatic rings. The van der Waals surface area contributed by atoms with Gasteiger partial charge in [0.1, 0.15) is 0 Å². The number of nitrogens with zero attached hydrogens (tertiary/aromatic N) is 2. The lowest BCUT2D eigenvalue weighted by atomic mass is 9.92. The number of hydrogen-bond acceptors (Lipinski definition) is 5. The second-order valence-corrected chi connectivity index (χ2v) is 9.25. The summed E-state index contributed by atoms with van der Waals surface area (Å²) in [7, 11) is 0. The van der Waals surface area contributed by atoms with Gasteiger partial charge in [0, 0.05) is 25.2 Å². The minimum atomic E-state index is -0.166. The Morgan fingerprint density at radius 1 is 0.944 bits per heavy atom. The number of nitrogens with one attached hydrogen (secondary N) is 3. The lowest BCUT2D eigenvalue weighted by molar-refractivity contribution is 0.336. The van der Waals surface area contributed by atoms with Crippen LogP contribution in [-0.4, -0.2) is 37.9 Å². The van der Waals surface area contributed by atoms with Crippen molar-refractivity contribution < 1.29 is 0 Å². The molecular weight excluding hydrogens is 442 g/mol. The zero-order chi connectivity index (χ0) is 25.4. The summed E-state index contributed by atoms with van der Waals surface area (Å²) in [4.78, 5) is 2.36. The summed E-state index contributed by atoms with van der Waals surface area (Å²) in [5, 5.41) is 9.49. The van der Waals surface area contributed by atoms with E-state index in [1.807, 2.05) is 0 Å². The Balaban J connectivity index is 1.55. The molecular formula is C31H41N5. The Morgan fingerprint density at radius 3 is 2.22 bits per heavy atom. The van der Waals surface area contributed by atoms with Crippen molar-refractivity contribution >= 4 is 17.5 Å². The fourth-order valence-electron chi connectivity index (χ4n) is 5.04. The van der Waals surface area contributed by atoms with Gasteiger partial charge in [-0.2, -0.15) is 0 Å². The molecule has 0 bridgehead atoms. The largest absolute Gasteiger partial charge is 0.372 e. The summed E-state index contributed by atoms with van der Waals surface area (Å²) in [6.45, 7) is 12.6. The van der Waals surface area contributed by atoms with Crippen molar-refractivity contribution in [2.45, 2.75) is 45.8 Å². The Kier molecular flexibility index (Phi) is 8.68. The van der Waals surface area contributed by atoms with E-state index >= 15 is 0 Å². The van der Waals surface area contributed by atoms with Crippen LogP contribution in [0.15, 0.2) is 96.2 Å². The maximum absolute atomic E-state index is 3.64. The molecule has 0 radical (unpaired) electrons. The maximum Gasteiger partial charge on any atom is 0.0955 e. The van der Waals surface area contributed by atoms with Gasteiger partial charge in [0.15, 0.2) is 0 Å². The van der Waals surface area contributed by atoms with Crippen LogP contribution in [0, 0.1) is 0 Å². The van der Waals surface area contributed by atoms with Crippen molar-refractivity contribution in [1.29, 1.82) is 0 Å². The molecule has 2 aromatic carbocycles. The van der Waals surface area contributed by atoms with Crippen LogP contribution < -0.4 is 26.0 Å². The highest BCUT2D eigenvalue weighted by Gasteiger charge is 2.31. The van der Waals surface area contributed by atoms with Crippen LogP contribution in [0.5, 0.6) is 0 Å². The van der Waals surface area contributed by atoms with Crippen LogP contribution in [0.3, 0.4) is 0 Å². The average Bonchev–Trinajstić information content (AvgIpc) is 3.34. The van der Waals surface area contributed by atoms with Gasteiger partial charge in [-0.3, -0.25) is 21.1 Å². The van der Waals surface area contributed by atoms with E-state index < -0.39 is 0 Å². The molecule has 1 atom stereocenters. The molecule has 5 heteroatoms. The molecule has 0 spiro atoms. The molecule has 1 heterocycles. The summed E-state index contributed by atoms with van der Waals surface area (Å²) in [6.07, 6.45) is 14.5. The van der Waals surface area contributed by atoms with Gasteiger partial charge in [-0.05, 0) is 80.6 Å². The topological polar surface area (TPSA) is 42.6 Å². The van der Waals surface area contributed by atoms with E-state index in [1.165, 1.54) is 16.8 Å². The molecule has 4 rings (SSSR count). The maximum atomic E-state index is 3.64. The van der Waals surface area contributed by atoms with E-state index in [-0.39, 0.29) is 11.7 Å². The summed E-state index contributed by atoms with van der Waals surface area (Å²) in [6, 6.07) is 19.5. The third-order valence-electron chi connectivity index (χ3n) is 6.92. The predicted molar refractivity (Wildman–Crippen MR) is 155 cm³/mol. The summed E-state index contributed by atoms with van der Waals surface area (Å²) in [5.41, 5.74) is 9.48. The van der Waals surface area contributed by atoms with Gasteiger partial charge >= 0.3 is 0 Å². The first kappa shape index (κ1) is 25.8. The summed E-state index contributed by atoms with van der Waals surface area (Å²) < 4.78 is 0. The number of para-hydroxylation sites is 1. The number of hydrazine groups is 1. The highest BCUT2D eigenvalue weighted by Crippen LogP contribution is 2.30. The SMILES string of the molecule is CCNC1(NCC)C=CC(C2C=C(C=Cc3ccc(N(CC)CC)cc3)NN2c2ccccc2)=CC1. The minimum absolute atomic E-state index is 0.120. The van der Waals surface area contributed by atoms with Gasteiger partial charge < -0.3 is 4.90 Å². The number of rotatable bonds is 11. The average molecular weight is 484 g/mol. The van der Waals surface area contributed by atoms with Gasteiger partial charge in [0.25, 0.3) is 0 Å². The van der Waals surface area contributed by atoms with Crippen LogP contribution in [0.1, 0.15) is 39.7 Å². The van der Waals surface area contributed by atoms with Crippen molar-refractivity contribution in [3.05, 3.63) is 102 Å². The van der Waals surface area contributed by atoms with Crippen molar-refractivity contribution in [3.8, 4) is 0 Å². The lowest BCUT2D eigenvalue weighted by Gasteiger charge is -2.36. The molecule has 36 heavy (non-hydrogen) atoms. The molecule has 0 saturated heterocycles. The minimum Gasteiger partial charge on any atom is -0.372 e. The van der Waals surface area contributed by atoms with Crippen LogP contribution in [0.25, 0.3) is 6.08 Å². The van der Waals surface area contributed by atoms with E-state index in [2.05, 4.69) is 145 Å². The van der Waals surface area contributed by atoms with Gasteiger partial charge in [-0.25, -0.2) is 0 Å². The Hall–Kier alpha value is -3.28. The third kappa shape index (κ3) is 5.92. The van der Waals surface area contributed by atoms with Crippen molar-refractivity contribution in [1.82, 2.24) is 16.1 Å². The normalized spacial score (nSPS) is 18.8. The second-order valence-electron chi connectivity index (χ2n) is 9.25. The van der Waals surface area contributed by atoms with Crippen molar-refractivity contribution in [3.63, 3.8) is 0 Å². The van der Waals surface area contributed by atoms with Crippen LogP contribution in [0.2, 0.25) is 0 Å². The lowest BCUT2D eigenvalue weighted by Crippen LogP contribution is -2.56. The van der Waals surface area contributed by atoms with Crippen molar-refractivity contribution in [2.75, 3.05) is 36.1 Å². The zero-order valence-electron chi connectivity index (χ0n) is 22.2. The molecule has 2 aromatic rings. The Labute approximate surface area is 217 Å². The van der Waals surface area contributed by atoms with E-state index in [0.717, 1.165) is 44.0 Å². The Bertz CT molecular complexity index is 1090. The molecule has 1 aliphatic heterocycles. The van der Waals surface area contributed by atoms with E-state index in [9.17, 15) is 0 Å². The third-order valence-corrected chi connectivity index (χ3v) is 6.92. The van der Waals surface area contributed by atoms with Gasteiger partial charge in [0.2, 0.25) is 0 Å². The quantitative estimate of drug-likeness (QED) is 0.362. The predicted octanol–water partition coefficient (Wildman–Crippen LogP) is 5.62. The number of hydrogen-bond donors (Lipinski definition) is 3. The fourth-order valence-corrected chi connectivity index (χ4v) is 5.04. The fraction of sp³-hybridized carbons (Fsp3) is 0.355. The highest BCUT2D eigenvalue weighted by molar-refractivity contribution is 5.61. The first-order valence-corrected chi connectivity index (χ1v) is 13.4. The molecule has 5 nitrogen and oxygen atoms in total. The van der Waals surface area contributed by atoms with E-state index in [0.29, 0.717) is 0 Å². The summed E-state index contributed by atoms with van der Waals surface area (Å²) in [5.74, 6) is 0. The van der Waals surface area contributed by atoms with Gasteiger partial charge in [-0.1, -0.05) is 62.4 Å². The van der Waals surface area contributed by atoms with Gasteiger partial charge in [-0.15, -0.1) is 0 Å². The second kappa shape index (κ2) is 12.1. The summed E-state index contributed by atoms with van der Waals surface area (Å²) >= 11 is 0. The Morgan fingerprint density at radius 2 is 1.64 bits per heavy atom. The molecule has 3 N–H and O–H groups in total. The molecule has 0 fully saturated rings. The van der Waals surface area contributed by atoms with Crippen LogP contribution in [0.4, 0.5) is 11.4 Å². The molecule has 1 aliphatic carbocycles. The molecule has 0 aromatic heterocycles. The smallest absolute Gasteiger partial charge is 0.0955 e. The van der Waals surface area contributed by atoms with Gasteiger partial charge in [0.05, 0.1) is 23.1 Å². The van der Waals surface area contributed by atoms with Crippen LogP contribution >= 0.6 is 0 Å². The first-order chi connectivity index (χ1) is 17.6. The zero-order valence-corrected chi connectivity index (χ0v) is 22.2. The number of allylic oxidation sites excluding steroid dienone is 1. The molecule has 0 saturated carbocycles. The molecule has 1 unspecified atom stereocenters. The standard InChI is InChI=1S/C31H41N5/c1-5-32-31(33-6-2)22-20-26(21-23-31)30-24-27(34-36(30)29-12-10-9-11-13-29)17-14-25-15-18-28(19-16-25)35(7-3)8-4/h9-22,24,30,32-34H,5-8,23H2,1-4H3. The first-order valence-electron chi connectivity index (χ1n) is 13.4. The van der Waals surface area contributed by atoms with E-state index in [4.69, 9.17) is 0 Å². The highest BCUT2D eigenvalue weighted by atomic mass is 15.5.